The van der Waals surface area contributed by atoms with Crippen LogP contribution < -0.4 is 16.8 Å². The Morgan fingerprint density at radius 2 is 2.19 bits per heavy atom. The summed E-state index contributed by atoms with van der Waals surface area (Å²) >= 11 is 7.01. The van der Waals surface area contributed by atoms with Gasteiger partial charge in [-0.05, 0) is 31.4 Å². The van der Waals surface area contributed by atoms with E-state index in [4.69, 9.17) is 27.8 Å². The van der Waals surface area contributed by atoms with Crippen molar-refractivity contribution in [2.75, 3.05) is 24.3 Å². The lowest BCUT2D eigenvalue weighted by atomic mass is 10.1. The molecule has 1 saturated heterocycles. The van der Waals surface area contributed by atoms with Gasteiger partial charge in [-0.25, -0.2) is 9.37 Å². The minimum absolute atomic E-state index is 0.0215. The summed E-state index contributed by atoms with van der Waals surface area (Å²) in [5, 5.41) is 7.22. The summed E-state index contributed by atoms with van der Waals surface area (Å²) in [4.78, 5) is 16.4. The third-order valence-electron chi connectivity index (χ3n) is 4.50. The van der Waals surface area contributed by atoms with Crippen LogP contribution in [0.3, 0.4) is 0 Å². The van der Waals surface area contributed by atoms with Crippen molar-refractivity contribution < 1.29 is 13.9 Å². The van der Waals surface area contributed by atoms with Gasteiger partial charge in [0.15, 0.2) is 5.69 Å². The molecule has 166 valence electrons. The lowest BCUT2D eigenvalue weighted by Gasteiger charge is -2.02. The summed E-state index contributed by atoms with van der Waals surface area (Å²) < 4.78 is 20.7. The fourth-order valence-electron chi connectivity index (χ4n) is 2.91. The second-order valence-electron chi connectivity index (χ2n) is 6.99. The molecule has 1 unspecified atom stereocenters. The topological polar surface area (TPSA) is 121 Å². The third kappa shape index (κ3) is 6.23. The molecule has 5 N–H and O–H groups in total. The standard InChI is InChI=1S/C14H11ClFN5OS.C6H13NO/c1-21-6-7(5-18-21)19-13(22)11-12(17)23-14(20-11)10-8(15)3-2-4-9(10)16;7-6-2-1-4-8-5-3-6/h2-6H,17H2,1H3,(H,19,22);6H,1-5,7H2. The van der Waals surface area contributed by atoms with E-state index in [0.29, 0.717) is 11.7 Å². The van der Waals surface area contributed by atoms with Crippen molar-refractivity contribution in [1.82, 2.24) is 14.8 Å². The number of thiazole rings is 1. The smallest absolute Gasteiger partial charge is 0.277 e. The quantitative estimate of drug-likeness (QED) is 0.541. The first-order chi connectivity index (χ1) is 14.8. The number of nitrogens with two attached hydrogens (primary N) is 2. The van der Waals surface area contributed by atoms with Crippen LogP contribution in [0.5, 0.6) is 0 Å². The van der Waals surface area contributed by atoms with Crippen molar-refractivity contribution in [3.8, 4) is 10.6 Å². The maximum Gasteiger partial charge on any atom is 0.277 e. The zero-order valence-corrected chi connectivity index (χ0v) is 18.5. The van der Waals surface area contributed by atoms with Gasteiger partial charge >= 0.3 is 0 Å². The SMILES string of the molecule is Cn1cc(NC(=O)c2nc(-c3c(F)cccc3Cl)sc2N)cn1.NC1CCCOCC1. The molecule has 8 nitrogen and oxygen atoms in total. The van der Waals surface area contributed by atoms with Crippen molar-refractivity contribution >= 4 is 39.5 Å². The molecule has 1 aliphatic rings. The first kappa shape index (κ1) is 23.1. The van der Waals surface area contributed by atoms with Crippen molar-refractivity contribution in [2.24, 2.45) is 12.8 Å². The number of nitrogens with one attached hydrogen (secondary N) is 1. The van der Waals surface area contributed by atoms with Gasteiger partial charge in [0.1, 0.15) is 15.8 Å². The molecule has 1 amide bonds. The van der Waals surface area contributed by atoms with E-state index in [-0.39, 0.29) is 26.3 Å². The molecule has 11 heteroatoms. The fraction of sp³-hybridized carbons (Fsp3) is 0.350. The van der Waals surface area contributed by atoms with Crippen molar-refractivity contribution in [1.29, 1.82) is 0 Å². The fourth-order valence-corrected chi connectivity index (χ4v) is 4.11. The number of ether oxygens (including phenoxy) is 1. The normalized spacial score (nSPS) is 16.2. The Bertz CT molecular complexity index is 1010. The van der Waals surface area contributed by atoms with Gasteiger partial charge in [-0.2, -0.15) is 5.10 Å². The first-order valence-electron chi connectivity index (χ1n) is 9.69. The summed E-state index contributed by atoms with van der Waals surface area (Å²) in [6.45, 7) is 1.77. The Hall–Kier alpha value is -2.53. The van der Waals surface area contributed by atoms with E-state index in [1.54, 1.807) is 24.0 Å². The molecule has 1 atom stereocenters. The second-order valence-corrected chi connectivity index (χ2v) is 8.43. The van der Waals surface area contributed by atoms with Gasteiger partial charge in [-0.1, -0.05) is 29.0 Å². The highest BCUT2D eigenvalue weighted by molar-refractivity contribution is 7.19. The Morgan fingerprint density at radius 3 is 2.90 bits per heavy atom. The highest BCUT2D eigenvalue weighted by Crippen LogP contribution is 2.36. The highest BCUT2D eigenvalue weighted by atomic mass is 35.5. The average molecular weight is 467 g/mol. The minimum atomic E-state index is -0.523. The lowest BCUT2D eigenvalue weighted by Crippen LogP contribution is -2.19. The molecule has 1 aromatic carbocycles. The number of hydrogen-bond acceptors (Lipinski definition) is 7. The van der Waals surface area contributed by atoms with Gasteiger partial charge in [0, 0.05) is 32.5 Å². The van der Waals surface area contributed by atoms with Crippen LogP contribution in [0.2, 0.25) is 5.02 Å². The zero-order chi connectivity index (χ0) is 22.4. The molecular weight excluding hydrogens is 443 g/mol. The molecule has 2 aromatic heterocycles. The Morgan fingerprint density at radius 1 is 1.39 bits per heavy atom. The molecule has 0 saturated carbocycles. The Kier molecular flexibility index (Phi) is 7.97. The third-order valence-corrected chi connectivity index (χ3v) is 5.72. The van der Waals surface area contributed by atoms with E-state index in [1.807, 2.05) is 0 Å². The van der Waals surface area contributed by atoms with Crippen LogP contribution in [0, 0.1) is 5.82 Å². The average Bonchev–Trinajstić information content (AvgIpc) is 3.21. The van der Waals surface area contributed by atoms with E-state index >= 15 is 0 Å². The molecule has 3 heterocycles. The largest absolute Gasteiger partial charge is 0.389 e. The molecule has 4 rings (SSSR count). The predicted molar refractivity (Wildman–Crippen MR) is 121 cm³/mol. The van der Waals surface area contributed by atoms with Crippen LogP contribution in [0.15, 0.2) is 30.6 Å². The van der Waals surface area contributed by atoms with Crippen LogP contribution in [0.1, 0.15) is 29.8 Å². The zero-order valence-electron chi connectivity index (χ0n) is 17.0. The lowest BCUT2D eigenvalue weighted by molar-refractivity contribution is 0.102. The Labute approximate surface area is 188 Å². The Balaban J connectivity index is 0.000000287. The van der Waals surface area contributed by atoms with Crippen molar-refractivity contribution in [3.63, 3.8) is 0 Å². The van der Waals surface area contributed by atoms with E-state index in [1.165, 1.54) is 18.3 Å². The molecule has 1 aliphatic heterocycles. The van der Waals surface area contributed by atoms with E-state index in [0.717, 1.165) is 43.8 Å². The van der Waals surface area contributed by atoms with Crippen LogP contribution in [-0.4, -0.2) is 39.9 Å². The molecule has 1 fully saturated rings. The van der Waals surface area contributed by atoms with Crippen LogP contribution in [-0.2, 0) is 11.8 Å². The number of aromatic nitrogens is 3. The van der Waals surface area contributed by atoms with Crippen molar-refractivity contribution in [3.05, 3.63) is 47.1 Å². The first-order valence-corrected chi connectivity index (χ1v) is 10.9. The molecule has 0 spiro atoms. The number of benzene rings is 1. The van der Waals surface area contributed by atoms with Crippen molar-refractivity contribution in [2.45, 2.75) is 25.3 Å². The van der Waals surface area contributed by atoms with Gasteiger partial charge < -0.3 is 21.5 Å². The molecule has 3 aromatic rings. The number of carbonyl (C=O) groups excluding carboxylic acids is 1. The summed E-state index contributed by atoms with van der Waals surface area (Å²) in [6.07, 6.45) is 6.45. The molecular formula is C20H24ClFN6O2S. The number of aryl methyl sites for hydroxylation is 1. The maximum absolute atomic E-state index is 14.0. The summed E-state index contributed by atoms with van der Waals surface area (Å²) in [7, 11) is 1.73. The number of anilines is 2. The number of halogens is 2. The van der Waals surface area contributed by atoms with E-state index < -0.39 is 11.7 Å². The van der Waals surface area contributed by atoms with E-state index in [9.17, 15) is 9.18 Å². The summed E-state index contributed by atoms with van der Waals surface area (Å²) in [6, 6.07) is 4.72. The second kappa shape index (κ2) is 10.7. The monoisotopic (exact) mass is 466 g/mol. The number of rotatable bonds is 3. The van der Waals surface area contributed by atoms with Gasteiger partial charge in [0.25, 0.3) is 5.91 Å². The maximum atomic E-state index is 14.0. The van der Waals surface area contributed by atoms with E-state index in [2.05, 4.69) is 15.4 Å². The predicted octanol–water partition coefficient (Wildman–Crippen LogP) is 3.68. The molecule has 0 bridgehead atoms. The molecule has 0 radical (unpaired) electrons. The van der Waals surface area contributed by atoms with Gasteiger partial charge in [-0.3, -0.25) is 9.48 Å². The number of amides is 1. The van der Waals surface area contributed by atoms with Gasteiger partial charge in [0.05, 0.1) is 22.5 Å². The van der Waals surface area contributed by atoms with Gasteiger partial charge in [0.2, 0.25) is 0 Å². The number of nitrogens with zero attached hydrogens (tertiary/aromatic N) is 3. The minimum Gasteiger partial charge on any atom is -0.389 e. The van der Waals surface area contributed by atoms with Crippen LogP contribution in [0.25, 0.3) is 10.6 Å². The number of hydrogen-bond donors (Lipinski definition) is 3. The molecule has 0 aliphatic carbocycles. The molecule has 31 heavy (non-hydrogen) atoms. The highest BCUT2D eigenvalue weighted by Gasteiger charge is 2.21. The number of nitrogen functional groups attached to an aromatic ring is 1. The van der Waals surface area contributed by atoms with Crippen LogP contribution in [0.4, 0.5) is 15.1 Å². The summed E-state index contributed by atoms with van der Waals surface area (Å²) in [5.74, 6) is -1.02. The summed E-state index contributed by atoms with van der Waals surface area (Å²) in [5.41, 5.74) is 12.2. The van der Waals surface area contributed by atoms with Crippen LogP contribution >= 0.6 is 22.9 Å². The van der Waals surface area contributed by atoms with Gasteiger partial charge in [-0.15, -0.1) is 0 Å². The number of carbonyl (C=O) groups is 1.